The van der Waals surface area contributed by atoms with E-state index in [-0.39, 0.29) is 6.03 Å². The molecule has 2 aromatic carbocycles. The Morgan fingerprint density at radius 3 is 2.55 bits per heavy atom. The maximum Gasteiger partial charge on any atom is 0.318 e. The summed E-state index contributed by atoms with van der Waals surface area (Å²) in [7, 11) is 0. The van der Waals surface area contributed by atoms with Crippen LogP contribution in [-0.2, 0) is 19.6 Å². The number of benzene rings is 2. The second kappa shape index (κ2) is 10.5. The number of hydrogen-bond acceptors (Lipinski definition) is 1. The van der Waals surface area contributed by atoms with Crippen LogP contribution in [0, 0.1) is 6.92 Å². The van der Waals surface area contributed by atoms with Crippen LogP contribution in [0.5, 0.6) is 0 Å². The lowest BCUT2D eigenvalue weighted by Gasteiger charge is -2.24. The fraction of sp³-hybridized carbons (Fsp3) is 0.320. The smallest absolute Gasteiger partial charge is 0.318 e. The number of urea groups is 1. The Hall–Kier alpha value is -3.01. The molecule has 0 aliphatic carbocycles. The SMILES string of the molecule is CCCCN(Cc1cccn1Cc1cccc(C)c1)C(=O)NCc1ccccc1. The number of unbranched alkanes of at least 4 members (excludes halogenated alkanes) is 1. The third-order valence-electron chi connectivity index (χ3n) is 5.07. The van der Waals surface area contributed by atoms with E-state index in [2.05, 4.69) is 66.3 Å². The van der Waals surface area contributed by atoms with Crippen molar-refractivity contribution >= 4 is 6.03 Å². The van der Waals surface area contributed by atoms with Gasteiger partial charge in [0.15, 0.2) is 0 Å². The van der Waals surface area contributed by atoms with Crippen molar-refractivity contribution in [3.8, 4) is 0 Å². The fourth-order valence-electron chi connectivity index (χ4n) is 3.44. The quantitative estimate of drug-likeness (QED) is 0.526. The predicted octanol–water partition coefficient (Wildman–Crippen LogP) is 5.36. The predicted molar refractivity (Wildman–Crippen MR) is 119 cm³/mol. The summed E-state index contributed by atoms with van der Waals surface area (Å²) in [6.07, 6.45) is 4.15. The van der Waals surface area contributed by atoms with Crippen LogP contribution in [0.15, 0.2) is 72.9 Å². The van der Waals surface area contributed by atoms with Crippen molar-refractivity contribution in [1.29, 1.82) is 0 Å². The van der Waals surface area contributed by atoms with Crippen LogP contribution in [0.1, 0.15) is 42.1 Å². The number of nitrogens with one attached hydrogen (secondary N) is 1. The van der Waals surface area contributed by atoms with E-state index in [1.807, 2.05) is 35.2 Å². The van der Waals surface area contributed by atoms with Crippen molar-refractivity contribution in [2.45, 2.75) is 46.3 Å². The molecule has 0 atom stereocenters. The van der Waals surface area contributed by atoms with Crippen molar-refractivity contribution in [3.63, 3.8) is 0 Å². The molecule has 0 aliphatic rings. The van der Waals surface area contributed by atoms with Gasteiger partial charge in [-0.2, -0.15) is 0 Å². The third kappa shape index (κ3) is 6.24. The standard InChI is InChI=1S/C25H31N3O/c1-3-4-15-28(25(29)26-18-22-11-6-5-7-12-22)20-24-14-9-16-27(24)19-23-13-8-10-21(2)17-23/h5-14,16-17H,3-4,15,18-20H2,1-2H3,(H,26,29). The summed E-state index contributed by atoms with van der Waals surface area (Å²) in [4.78, 5) is 14.8. The van der Waals surface area contributed by atoms with Gasteiger partial charge in [-0.1, -0.05) is 73.5 Å². The Morgan fingerprint density at radius 2 is 1.79 bits per heavy atom. The van der Waals surface area contributed by atoms with E-state index < -0.39 is 0 Å². The molecule has 3 aromatic rings. The summed E-state index contributed by atoms with van der Waals surface area (Å²) in [5.74, 6) is 0. The highest BCUT2D eigenvalue weighted by Crippen LogP contribution is 2.13. The zero-order valence-corrected chi connectivity index (χ0v) is 17.5. The van der Waals surface area contributed by atoms with Crippen molar-refractivity contribution in [2.24, 2.45) is 0 Å². The summed E-state index contributed by atoms with van der Waals surface area (Å²) in [5.41, 5.74) is 4.80. The van der Waals surface area contributed by atoms with E-state index in [9.17, 15) is 4.79 Å². The maximum atomic E-state index is 12.9. The van der Waals surface area contributed by atoms with Gasteiger partial charge in [-0.05, 0) is 36.6 Å². The first-order valence-corrected chi connectivity index (χ1v) is 10.4. The molecule has 0 saturated heterocycles. The first-order valence-electron chi connectivity index (χ1n) is 10.4. The van der Waals surface area contributed by atoms with Gasteiger partial charge < -0.3 is 14.8 Å². The summed E-state index contributed by atoms with van der Waals surface area (Å²) in [6.45, 7) is 7.00. The molecule has 29 heavy (non-hydrogen) atoms. The molecule has 1 heterocycles. The van der Waals surface area contributed by atoms with Crippen LogP contribution >= 0.6 is 0 Å². The van der Waals surface area contributed by atoms with Gasteiger partial charge in [0, 0.05) is 31.5 Å². The van der Waals surface area contributed by atoms with Gasteiger partial charge in [0.1, 0.15) is 0 Å². The second-order valence-corrected chi connectivity index (χ2v) is 7.54. The molecule has 2 amide bonds. The first-order chi connectivity index (χ1) is 14.2. The summed E-state index contributed by atoms with van der Waals surface area (Å²) >= 11 is 0. The Morgan fingerprint density at radius 1 is 1.00 bits per heavy atom. The highest BCUT2D eigenvalue weighted by Gasteiger charge is 2.15. The van der Waals surface area contributed by atoms with E-state index >= 15 is 0 Å². The monoisotopic (exact) mass is 389 g/mol. The van der Waals surface area contributed by atoms with Crippen LogP contribution in [0.2, 0.25) is 0 Å². The van der Waals surface area contributed by atoms with Crippen molar-refractivity contribution in [2.75, 3.05) is 6.54 Å². The summed E-state index contributed by atoms with van der Waals surface area (Å²) in [6, 6.07) is 22.8. The average molecular weight is 390 g/mol. The van der Waals surface area contributed by atoms with Crippen LogP contribution in [0.25, 0.3) is 0 Å². The zero-order valence-electron chi connectivity index (χ0n) is 17.5. The Balaban J connectivity index is 1.66. The summed E-state index contributed by atoms with van der Waals surface area (Å²) < 4.78 is 2.23. The molecule has 0 saturated carbocycles. The van der Waals surface area contributed by atoms with E-state index in [0.717, 1.165) is 37.2 Å². The molecular weight excluding hydrogens is 358 g/mol. The molecule has 152 valence electrons. The number of rotatable bonds is 9. The average Bonchev–Trinajstić information content (AvgIpc) is 3.16. The van der Waals surface area contributed by atoms with E-state index in [4.69, 9.17) is 0 Å². The topological polar surface area (TPSA) is 37.3 Å². The van der Waals surface area contributed by atoms with E-state index in [1.54, 1.807) is 0 Å². The van der Waals surface area contributed by atoms with Crippen LogP contribution < -0.4 is 5.32 Å². The van der Waals surface area contributed by atoms with Crippen LogP contribution in [0.3, 0.4) is 0 Å². The number of carbonyl (C=O) groups excluding carboxylic acids is 1. The lowest BCUT2D eigenvalue weighted by molar-refractivity contribution is 0.192. The molecule has 4 nitrogen and oxygen atoms in total. The van der Waals surface area contributed by atoms with Gasteiger partial charge in [0.25, 0.3) is 0 Å². The largest absolute Gasteiger partial charge is 0.345 e. The van der Waals surface area contributed by atoms with Crippen LogP contribution in [0.4, 0.5) is 4.79 Å². The number of aryl methyl sites for hydroxylation is 1. The van der Waals surface area contributed by atoms with Gasteiger partial charge in [0.05, 0.1) is 6.54 Å². The Labute approximate surface area is 174 Å². The molecule has 1 N–H and O–H groups in total. The Bertz CT molecular complexity index is 901. The lowest BCUT2D eigenvalue weighted by atomic mass is 10.1. The molecule has 0 unspecified atom stereocenters. The van der Waals surface area contributed by atoms with Gasteiger partial charge in [0.2, 0.25) is 0 Å². The highest BCUT2D eigenvalue weighted by molar-refractivity contribution is 5.74. The van der Waals surface area contributed by atoms with Crippen molar-refractivity contribution in [1.82, 2.24) is 14.8 Å². The molecule has 3 rings (SSSR count). The van der Waals surface area contributed by atoms with E-state index in [1.165, 1.54) is 11.1 Å². The second-order valence-electron chi connectivity index (χ2n) is 7.54. The first kappa shape index (κ1) is 20.7. The number of aromatic nitrogens is 1. The molecular formula is C25H31N3O. The minimum atomic E-state index is -0.00870. The summed E-state index contributed by atoms with van der Waals surface area (Å²) in [5, 5.41) is 3.07. The van der Waals surface area contributed by atoms with Gasteiger partial charge in [-0.25, -0.2) is 4.79 Å². The lowest BCUT2D eigenvalue weighted by Crippen LogP contribution is -2.40. The highest BCUT2D eigenvalue weighted by atomic mass is 16.2. The van der Waals surface area contributed by atoms with Gasteiger partial charge in [-0.3, -0.25) is 0 Å². The third-order valence-corrected chi connectivity index (χ3v) is 5.07. The fourth-order valence-corrected chi connectivity index (χ4v) is 3.44. The Kier molecular flexibility index (Phi) is 7.51. The van der Waals surface area contributed by atoms with Gasteiger partial charge in [-0.15, -0.1) is 0 Å². The molecule has 0 radical (unpaired) electrons. The number of hydrogen-bond donors (Lipinski definition) is 1. The molecule has 0 aliphatic heterocycles. The minimum absolute atomic E-state index is 0.00870. The minimum Gasteiger partial charge on any atom is -0.345 e. The van der Waals surface area contributed by atoms with Crippen LogP contribution in [-0.4, -0.2) is 22.0 Å². The van der Waals surface area contributed by atoms with Crippen molar-refractivity contribution < 1.29 is 4.79 Å². The molecule has 4 heteroatoms. The molecule has 0 fully saturated rings. The number of nitrogens with zero attached hydrogens (tertiary/aromatic N) is 2. The van der Waals surface area contributed by atoms with Crippen molar-refractivity contribution in [3.05, 3.63) is 95.3 Å². The molecule has 1 aromatic heterocycles. The maximum absolute atomic E-state index is 12.9. The van der Waals surface area contributed by atoms with E-state index in [0.29, 0.717) is 13.1 Å². The molecule has 0 spiro atoms. The number of amides is 2. The zero-order chi connectivity index (χ0) is 20.5. The number of carbonyl (C=O) groups is 1. The molecule has 0 bridgehead atoms. The normalized spacial score (nSPS) is 10.7. The van der Waals surface area contributed by atoms with Gasteiger partial charge >= 0.3 is 6.03 Å².